The molecule has 0 bridgehead atoms. The van der Waals surface area contributed by atoms with Gasteiger partial charge in [-0.15, -0.1) is 0 Å². The average molecular weight is 302 g/mol. The van der Waals surface area contributed by atoms with Gasteiger partial charge in [-0.1, -0.05) is 6.08 Å². The van der Waals surface area contributed by atoms with Crippen molar-refractivity contribution in [3.63, 3.8) is 0 Å². The Morgan fingerprint density at radius 2 is 2.09 bits per heavy atom. The number of hydrogen-bond acceptors (Lipinski definition) is 6. The second-order valence-electron chi connectivity index (χ2n) is 5.29. The van der Waals surface area contributed by atoms with Crippen LogP contribution >= 0.6 is 0 Å². The first-order valence-electron chi connectivity index (χ1n) is 6.74. The summed E-state index contributed by atoms with van der Waals surface area (Å²) < 4.78 is 5.60. The Kier molecular flexibility index (Phi) is 3.35. The van der Waals surface area contributed by atoms with Gasteiger partial charge in [0.05, 0.1) is 24.2 Å². The molecule has 0 radical (unpaired) electrons. The van der Waals surface area contributed by atoms with Gasteiger partial charge in [0, 0.05) is 0 Å². The van der Waals surface area contributed by atoms with Gasteiger partial charge < -0.3 is 19.7 Å². The Bertz CT molecular complexity index is 861. The number of hydrogen-bond donors (Lipinski definition) is 3. The second-order valence-corrected chi connectivity index (χ2v) is 5.29. The van der Waals surface area contributed by atoms with Crippen molar-refractivity contribution in [2.45, 2.75) is 25.6 Å². The molecule has 2 atom stereocenters. The minimum absolute atomic E-state index is 0.0436. The number of aliphatic hydroxyl groups excluding tert-OH is 2. The molecule has 0 unspecified atom stereocenters. The van der Waals surface area contributed by atoms with Gasteiger partial charge in [0.2, 0.25) is 5.43 Å². The number of benzene rings is 1. The molecule has 6 heteroatoms. The first-order chi connectivity index (χ1) is 10.4. The molecule has 0 spiro atoms. The third kappa shape index (κ3) is 2.04. The number of ketones is 1. The molecule has 1 aliphatic carbocycles. The summed E-state index contributed by atoms with van der Waals surface area (Å²) >= 11 is 0. The summed E-state index contributed by atoms with van der Waals surface area (Å²) in [5.41, 5.74) is 0.0103. The van der Waals surface area contributed by atoms with Gasteiger partial charge in [0.15, 0.2) is 0 Å². The monoisotopic (exact) mass is 302 g/mol. The van der Waals surface area contributed by atoms with Crippen LogP contribution in [0.2, 0.25) is 0 Å². The summed E-state index contributed by atoms with van der Waals surface area (Å²) in [6.07, 6.45) is 1.71. The highest BCUT2D eigenvalue weighted by atomic mass is 16.3. The fraction of sp³-hybridized carbons (Fsp3) is 0.250. The van der Waals surface area contributed by atoms with Crippen molar-refractivity contribution in [3.8, 4) is 5.75 Å². The molecule has 2 aromatic rings. The van der Waals surface area contributed by atoms with Crippen molar-refractivity contribution in [2.24, 2.45) is 0 Å². The fourth-order valence-corrected chi connectivity index (χ4v) is 2.81. The first kappa shape index (κ1) is 14.5. The number of aliphatic hydroxyl groups is 2. The molecule has 1 aromatic carbocycles. The smallest absolute Gasteiger partial charge is 0.201 e. The lowest BCUT2D eigenvalue weighted by molar-refractivity contribution is -0.120. The Balaban J connectivity index is 2.41. The van der Waals surface area contributed by atoms with Crippen molar-refractivity contribution in [3.05, 3.63) is 45.3 Å². The van der Waals surface area contributed by atoms with E-state index in [1.165, 1.54) is 31.2 Å². The maximum atomic E-state index is 12.7. The van der Waals surface area contributed by atoms with Crippen LogP contribution in [0.25, 0.3) is 17.0 Å². The predicted octanol–water partition coefficient (Wildman–Crippen LogP) is 1.05. The van der Waals surface area contributed by atoms with E-state index >= 15 is 0 Å². The third-order valence-electron chi connectivity index (χ3n) is 3.82. The van der Waals surface area contributed by atoms with Crippen LogP contribution in [-0.4, -0.2) is 27.2 Å². The molecule has 0 saturated carbocycles. The number of fused-ring (bicyclic) bond motifs is 2. The topological polar surface area (TPSA) is 108 Å². The van der Waals surface area contributed by atoms with E-state index in [1.54, 1.807) is 0 Å². The number of aromatic hydroxyl groups is 1. The number of Topliss-reactive ketones (excluding diaryl/α,β-unsaturated/α-hetero) is 1. The molecule has 3 rings (SSSR count). The highest BCUT2D eigenvalue weighted by molar-refractivity contribution is 5.90. The van der Waals surface area contributed by atoms with Crippen LogP contribution < -0.4 is 5.43 Å². The lowest BCUT2D eigenvalue weighted by Gasteiger charge is -2.23. The van der Waals surface area contributed by atoms with Crippen LogP contribution in [0.4, 0.5) is 0 Å². The van der Waals surface area contributed by atoms with Crippen molar-refractivity contribution in [2.75, 3.05) is 0 Å². The zero-order valence-electron chi connectivity index (χ0n) is 11.7. The minimum atomic E-state index is -1.11. The summed E-state index contributed by atoms with van der Waals surface area (Å²) in [4.78, 5) is 24.4. The van der Waals surface area contributed by atoms with Gasteiger partial charge in [0.1, 0.15) is 28.3 Å². The van der Waals surface area contributed by atoms with Crippen molar-refractivity contribution in [1.82, 2.24) is 0 Å². The molecular weight excluding hydrogens is 288 g/mol. The van der Waals surface area contributed by atoms with E-state index in [0.717, 1.165) is 0 Å². The van der Waals surface area contributed by atoms with E-state index in [0.29, 0.717) is 5.56 Å². The molecule has 1 heterocycles. The van der Waals surface area contributed by atoms with Crippen molar-refractivity contribution < 1.29 is 24.5 Å². The molecule has 1 aromatic heterocycles. The summed E-state index contributed by atoms with van der Waals surface area (Å²) in [7, 11) is 0. The lowest BCUT2D eigenvalue weighted by Crippen LogP contribution is -2.31. The van der Waals surface area contributed by atoms with Crippen LogP contribution in [-0.2, 0) is 11.4 Å². The number of carbonyl (C=O) groups is 1. The normalized spacial score (nSPS) is 20.1. The molecule has 0 saturated heterocycles. The Morgan fingerprint density at radius 3 is 2.73 bits per heavy atom. The molecule has 0 amide bonds. The van der Waals surface area contributed by atoms with Gasteiger partial charge >= 0.3 is 0 Å². The highest BCUT2D eigenvalue weighted by Crippen LogP contribution is 2.33. The number of rotatable bonds is 2. The zero-order valence-corrected chi connectivity index (χ0v) is 11.7. The third-order valence-corrected chi connectivity index (χ3v) is 3.82. The quantitative estimate of drug-likeness (QED) is 0.765. The molecule has 0 aliphatic heterocycles. The maximum absolute atomic E-state index is 12.7. The van der Waals surface area contributed by atoms with Crippen LogP contribution in [0.1, 0.15) is 29.7 Å². The first-order valence-corrected chi connectivity index (χ1v) is 6.74. The summed E-state index contributed by atoms with van der Waals surface area (Å²) in [6.45, 7) is 0.976. The Labute approximate surface area is 124 Å². The van der Waals surface area contributed by atoms with E-state index in [1.807, 2.05) is 0 Å². The molecule has 22 heavy (non-hydrogen) atoms. The molecule has 6 nitrogen and oxygen atoms in total. The van der Waals surface area contributed by atoms with E-state index in [-0.39, 0.29) is 40.4 Å². The molecule has 1 aliphatic rings. The summed E-state index contributed by atoms with van der Waals surface area (Å²) in [5.74, 6) is -1.53. The molecule has 3 N–H and O–H groups in total. The predicted molar refractivity (Wildman–Crippen MR) is 78.5 cm³/mol. The van der Waals surface area contributed by atoms with E-state index in [9.17, 15) is 19.8 Å². The average Bonchev–Trinajstić information content (AvgIpc) is 2.46. The van der Waals surface area contributed by atoms with E-state index < -0.39 is 17.5 Å². The number of phenolic OH excluding ortho intramolecular Hbond substituents is 1. The highest BCUT2D eigenvalue weighted by Gasteiger charge is 2.33. The second kappa shape index (κ2) is 5.08. The molecular formula is C16H14O6. The van der Waals surface area contributed by atoms with Gasteiger partial charge in [-0.2, -0.15) is 0 Å². The molecule has 0 fully saturated rings. The Morgan fingerprint density at radius 1 is 1.36 bits per heavy atom. The Hall–Kier alpha value is -2.44. The standard InChI is InChI=1S/C16H14O6/c1-7(18)13-9(19)2-3-11-15(13)16(21)14-10(20)4-8(6-17)5-12(14)22-11/h2-5,9,13,17,19-20H,6H2,1H3/t9-,13+/m1/s1. The van der Waals surface area contributed by atoms with Gasteiger partial charge in [-0.05, 0) is 30.7 Å². The van der Waals surface area contributed by atoms with Gasteiger partial charge in [0.25, 0.3) is 0 Å². The summed E-state index contributed by atoms with van der Waals surface area (Å²) in [6, 6.07) is 2.72. The largest absolute Gasteiger partial charge is 0.507 e. The minimum Gasteiger partial charge on any atom is -0.507 e. The fourth-order valence-electron chi connectivity index (χ4n) is 2.81. The maximum Gasteiger partial charge on any atom is 0.201 e. The van der Waals surface area contributed by atoms with Crippen LogP contribution in [0.3, 0.4) is 0 Å². The van der Waals surface area contributed by atoms with Gasteiger partial charge in [-0.3, -0.25) is 9.59 Å². The summed E-state index contributed by atoms with van der Waals surface area (Å²) in [5, 5.41) is 29.1. The van der Waals surface area contributed by atoms with Crippen molar-refractivity contribution >= 4 is 22.8 Å². The lowest BCUT2D eigenvalue weighted by atomic mass is 9.84. The molecule has 114 valence electrons. The number of phenols is 1. The van der Waals surface area contributed by atoms with Crippen molar-refractivity contribution in [1.29, 1.82) is 0 Å². The van der Waals surface area contributed by atoms with Crippen LogP contribution in [0.15, 0.2) is 27.4 Å². The van der Waals surface area contributed by atoms with Crippen LogP contribution in [0.5, 0.6) is 5.75 Å². The van der Waals surface area contributed by atoms with E-state index in [4.69, 9.17) is 9.52 Å². The zero-order chi connectivity index (χ0) is 16.0. The number of carbonyl (C=O) groups excluding carboxylic acids is 1. The van der Waals surface area contributed by atoms with E-state index in [2.05, 4.69) is 0 Å². The SMILES string of the molecule is CC(=O)[C@@H]1c2c(oc3cc(CO)cc(O)c3c2=O)C=C[C@H]1O. The van der Waals surface area contributed by atoms with Gasteiger partial charge in [-0.25, -0.2) is 0 Å². The van der Waals surface area contributed by atoms with Crippen LogP contribution in [0, 0.1) is 0 Å².